The number of hydrogen-bond donors (Lipinski definition) is 3. The average Bonchev–Trinajstić information content (AvgIpc) is 2.62. The summed E-state index contributed by atoms with van der Waals surface area (Å²) in [6.07, 6.45) is -0.509. The summed E-state index contributed by atoms with van der Waals surface area (Å²) >= 11 is 0. The summed E-state index contributed by atoms with van der Waals surface area (Å²) in [7, 11) is 0. The Balaban J connectivity index is 1.80. The highest BCUT2D eigenvalue weighted by atomic mass is 19.1. The molecule has 2 aromatic carbocycles. The second-order valence-corrected chi connectivity index (χ2v) is 7.24. The second kappa shape index (κ2) is 9.68. The smallest absolute Gasteiger partial charge is 0.407 e. The van der Waals surface area contributed by atoms with Crippen LogP contribution in [-0.2, 0) is 9.53 Å². The SMILES string of the molecule is CC(C)(C)OC(=O)NCCC(=O)Nc1ccc(NC(=O)c2ccccc2F)cc1. The lowest BCUT2D eigenvalue weighted by molar-refractivity contribution is -0.116. The van der Waals surface area contributed by atoms with E-state index in [0.717, 1.165) is 0 Å². The van der Waals surface area contributed by atoms with E-state index < -0.39 is 23.4 Å². The van der Waals surface area contributed by atoms with Crippen LogP contribution >= 0.6 is 0 Å². The molecule has 0 aliphatic rings. The molecule has 8 heteroatoms. The molecular weight excluding hydrogens is 377 g/mol. The van der Waals surface area contributed by atoms with Gasteiger partial charge in [-0.2, -0.15) is 0 Å². The van der Waals surface area contributed by atoms with Gasteiger partial charge in [0.05, 0.1) is 5.56 Å². The van der Waals surface area contributed by atoms with Gasteiger partial charge in [0, 0.05) is 24.3 Å². The molecule has 0 heterocycles. The van der Waals surface area contributed by atoms with Crippen molar-refractivity contribution < 1.29 is 23.5 Å². The van der Waals surface area contributed by atoms with Gasteiger partial charge in [-0.05, 0) is 57.2 Å². The number of halogens is 1. The summed E-state index contributed by atoms with van der Waals surface area (Å²) in [5.41, 5.74) is 0.330. The monoisotopic (exact) mass is 401 g/mol. The van der Waals surface area contributed by atoms with Gasteiger partial charge in [-0.3, -0.25) is 9.59 Å². The number of carbonyl (C=O) groups excluding carboxylic acids is 3. The summed E-state index contributed by atoms with van der Waals surface area (Å²) in [6.45, 7) is 5.39. The third-order valence-corrected chi connectivity index (χ3v) is 3.57. The van der Waals surface area contributed by atoms with Gasteiger partial charge in [0.1, 0.15) is 11.4 Å². The van der Waals surface area contributed by atoms with Gasteiger partial charge in [0.2, 0.25) is 5.91 Å². The number of ether oxygens (including phenoxy) is 1. The topological polar surface area (TPSA) is 96.5 Å². The molecule has 0 saturated carbocycles. The zero-order valence-electron chi connectivity index (χ0n) is 16.5. The van der Waals surface area contributed by atoms with Crippen molar-refractivity contribution in [1.82, 2.24) is 5.32 Å². The first-order valence-corrected chi connectivity index (χ1v) is 9.07. The molecular formula is C21H24FN3O4. The fourth-order valence-corrected chi connectivity index (χ4v) is 2.30. The molecule has 2 rings (SSSR count). The van der Waals surface area contributed by atoms with E-state index in [9.17, 15) is 18.8 Å². The van der Waals surface area contributed by atoms with Crippen molar-refractivity contribution in [2.75, 3.05) is 17.2 Å². The van der Waals surface area contributed by atoms with Gasteiger partial charge in [-0.15, -0.1) is 0 Å². The molecule has 0 unspecified atom stereocenters. The fourth-order valence-electron chi connectivity index (χ4n) is 2.30. The van der Waals surface area contributed by atoms with E-state index >= 15 is 0 Å². The van der Waals surface area contributed by atoms with Crippen molar-refractivity contribution in [3.8, 4) is 0 Å². The minimum Gasteiger partial charge on any atom is -0.444 e. The zero-order chi connectivity index (χ0) is 21.4. The number of hydrogen-bond acceptors (Lipinski definition) is 4. The van der Waals surface area contributed by atoms with Gasteiger partial charge in [0.15, 0.2) is 0 Å². The highest BCUT2D eigenvalue weighted by Crippen LogP contribution is 2.16. The number of alkyl carbamates (subject to hydrolysis) is 1. The molecule has 0 spiro atoms. The van der Waals surface area contributed by atoms with Crippen molar-refractivity contribution in [1.29, 1.82) is 0 Å². The number of benzene rings is 2. The maximum absolute atomic E-state index is 13.6. The molecule has 2 aromatic rings. The molecule has 3 N–H and O–H groups in total. The van der Waals surface area contributed by atoms with Gasteiger partial charge >= 0.3 is 6.09 Å². The van der Waals surface area contributed by atoms with Crippen LogP contribution in [0.5, 0.6) is 0 Å². The van der Waals surface area contributed by atoms with Crippen LogP contribution < -0.4 is 16.0 Å². The first-order valence-electron chi connectivity index (χ1n) is 9.07. The Labute approximate surface area is 168 Å². The predicted octanol–water partition coefficient (Wildman–Crippen LogP) is 3.93. The van der Waals surface area contributed by atoms with Gasteiger partial charge in [0.25, 0.3) is 5.91 Å². The third-order valence-electron chi connectivity index (χ3n) is 3.57. The van der Waals surface area contributed by atoms with E-state index in [-0.39, 0.29) is 24.4 Å². The lowest BCUT2D eigenvalue weighted by Gasteiger charge is -2.19. The van der Waals surface area contributed by atoms with Gasteiger partial charge in [-0.25, -0.2) is 9.18 Å². The Morgan fingerprint density at radius 2 is 1.52 bits per heavy atom. The molecule has 0 atom stereocenters. The van der Waals surface area contributed by atoms with Crippen LogP contribution in [0.15, 0.2) is 48.5 Å². The number of rotatable bonds is 6. The van der Waals surface area contributed by atoms with Crippen LogP contribution in [0, 0.1) is 5.82 Å². The molecule has 0 fully saturated rings. The second-order valence-electron chi connectivity index (χ2n) is 7.24. The maximum Gasteiger partial charge on any atom is 0.407 e. The molecule has 0 aromatic heterocycles. The molecule has 7 nitrogen and oxygen atoms in total. The summed E-state index contributed by atoms with van der Waals surface area (Å²) in [4.78, 5) is 35.6. The Bertz CT molecular complexity index is 876. The molecule has 29 heavy (non-hydrogen) atoms. The molecule has 0 saturated heterocycles. The summed E-state index contributed by atoms with van der Waals surface area (Å²) in [6, 6.07) is 12.1. The van der Waals surface area contributed by atoms with E-state index in [1.165, 1.54) is 18.2 Å². The van der Waals surface area contributed by atoms with Crippen LogP contribution in [0.1, 0.15) is 37.6 Å². The number of nitrogens with one attached hydrogen (secondary N) is 3. The van der Waals surface area contributed by atoms with Gasteiger partial charge < -0.3 is 20.7 Å². The van der Waals surface area contributed by atoms with Crippen LogP contribution in [0.3, 0.4) is 0 Å². The largest absolute Gasteiger partial charge is 0.444 e. The van der Waals surface area contributed by atoms with E-state index in [4.69, 9.17) is 4.74 Å². The molecule has 0 radical (unpaired) electrons. The molecule has 0 aliphatic carbocycles. The fraction of sp³-hybridized carbons (Fsp3) is 0.286. The summed E-state index contributed by atoms with van der Waals surface area (Å²) in [5, 5.41) is 7.78. The predicted molar refractivity (Wildman–Crippen MR) is 108 cm³/mol. The van der Waals surface area contributed by atoms with E-state index in [1.807, 2.05) is 0 Å². The minimum atomic E-state index is -0.603. The van der Waals surface area contributed by atoms with Crippen molar-refractivity contribution in [2.45, 2.75) is 32.8 Å². The van der Waals surface area contributed by atoms with Crippen LogP contribution in [0.4, 0.5) is 20.6 Å². The Morgan fingerprint density at radius 3 is 2.10 bits per heavy atom. The van der Waals surface area contributed by atoms with Crippen molar-refractivity contribution in [3.63, 3.8) is 0 Å². The number of anilines is 2. The number of carbonyl (C=O) groups is 3. The van der Waals surface area contributed by atoms with Crippen LogP contribution in [-0.4, -0.2) is 30.1 Å². The Kier molecular flexibility index (Phi) is 7.30. The Hall–Kier alpha value is -3.42. The summed E-state index contributed by atoms with van der Waals surface area (Å²) < 4.78 is 18.7. The molecule has 0 bridgehead atoms. The first kappa shape index (κ1) is 21.9. The van der Waals surface area contributed by atoms with Crippen LogP contribution in [0.2, 0.25) is 0 Å². The van der Waals surface area contributed by atoms with E-state index in [1.54, 1.807) is 51.1 Å². The zero-order valence-corrected chi connectivity index (χ0v) is 16.5. The molecule has 0 aliphatic heterocycles. The highest BCUT2D eigenvalue weighted by Gasteiger charge is 2.16. The summed E-state index contributed by atoms with van der Waals surface area (Å²) in [5.74, 6) is -1.45. The lowest BCUT2D eigenvalue weighted by Crippen LogP contribution is -2.34. The van der Waals surface area contributed by atoms with E-state index in [2.05, 4.69) is 16.0 Å². The minimum absolute atomic E-state index is 0.0534. The first-order chi connectivity index (χ1) is 13.6. The maximum atomic E-state index is 13.6. The third kappa shape index (κ3) is 7.61. The lowest BCUT2D eigenvalue weighted by atomic mass is 10.2. The van der Waals surface area contributed by atoms with Crippen molar-refractivity contribution >= 4 is 29.3 Å². The van der Waals surface area contributed by atoms with Gasteiger partial charge in [-0.1, -0.05) is 12.1 Å². The quantitative estimate of drug-likeness (QED) is 0.683. The number of amides is 3. The average molecular weight is 401 g/mol. The van der Waals surface area contributed by atoms with Crippen molar-refractivity contribution in [3.05, 3.63) is 59.9 Å². The van der Waals surface area contributed by atoms with E-state index in [0.29, 0.717) is 11.4 Å². The van der Waals surface area contributed by atoms with Crippen LogP contribution in [0.25, 0.3) is 0 Å². The standard InChI is InChI=1S/C21H24FN3O4/c1-21(2,3)29-20(28)23-13-12-18(26)24-14-8-10-15(11-9-14)25-19(27)16-6-4-5-7-17(16)22/h4-11H,12-13H2,1-3H3,(H,23,28)(H,24,26)(H,25,27). The molecule has 154 valence electrons. The molecule has 3 amide bonds. The Morgan fingerprint density at radius 1 is 0.931 bits per heavy atom. The normalized spacial score (nSPS) is 10.8. The highest BCUT2D eigenvalue weighted by molar-refractivity contribution is 6.04. The van der Waals surface area contributed by atoms with Crippen molar-refractivity contribution in [2.24, 2.45) is 0 Å².